The van der Waals surface area contributed by atoms with Gasteiger partial charge >= 0.3 is 5.97 Å². The number of amides is 7. The molecule has 0 aromatic heterocycles. The van der Waals surface area contributed by atoms with Crippen LogP contribution in [0.15, 0.2) is 84.9 Å². The molecule has 1 fully saturated rings. The standard InChI is InChI=1S/C47H62N8O12/c1-26(2)38(46(65)55-21-11-16-36(55)44(63)54-40(28(4)57)47(66)67)52-45(64)39(27(3)56)53-43(62)35(24-31-17-19-32(58)20-18-31)51-42(61)34(23-30-14-9-6-10-15-30)50-41(60)33(49-37(59)25-48)22-29-12-7-5-8-13-29/h5-10,12-15,17-20,26-28,33-36,38-40,56-58H,11,16,21-25,48H2,1-4H3,(H,49,59)(H,50,60)(H,51,61)(H,52,64)(H,53,62)(H,54,63)(H,66,67). The third-order valence-electron chi connectivity index (χ3n) is 11.2. The average Bonchev–Trinajstić information content (AvgIpc) is 3.79. The topological polar surface area (TPSA) is 319 Å². The number of carboxylic acids is 1. The van der Waals surface area contributed by atoms with E-state index in [-0.39, 0.29) is 38.0 Å². The lowest BCUT2D eigenvalue weighted by atomic mass is 9.99. The molecule has 9 atom stereocenters. The Morgan fingerprint density at radius 2 is 1.04 bits per heavy atom. The number of nitrogens with zero attached hydrogens (tertiary/aromatic N) is 1. The number of nitrogens with one attached hydrogen (secondary N) is 6. The fourth-order valence-electron chi connectivity index (χ4n) is 7.53. The number of hydrogen-bond donors (Lipinski definition) is 11. The fraction of sp³-hybridized carbons (Fsp3) is 0.447. The van der Waals surface area contributed by atoms with Gasteiger partial charge in [0.15, 0.2) is 6.04 Å². The van der Waals surface area contributed by atoms with E-state index in [1.165, 1.54) is 43.0 Å². The number of carbonyl (C=O) groups excluding carboxylic acids is 7. The van der Waals surface area contributed by atoms with Gasteiger partial charge in [0.25, 0.3) is 0 Å². The Morgan fingerprint density at radius 1 is 0.597 bits per heavy atom. The van der Waals surface area contributed by atoms with Crippen LogP contribution in [0.2, 0.25) is 0 Å². The predicted molar refractivity (Wildman–Crippen MR) is 243 cm³/mol. The van der Waals surface area contributed by atoms with Crippen LogP contribution in [0.25, 0.3) is 0 Å². The quantitative estimate of drug-likeness (QED) is 0.0532. The number of likely N-dealkylation sites (tertiary alicyclic amines) is 1. The Labute approximate surface area is 388 Å². The normalized spacial score (nSPS) is 17.0. The van der Waals surface area contributed by atoms with Gasteiger partial charge in [0.1, 0.15) is 42.0 Å². The second kappa shape index (κ2) is 25.1. The van der Waals surface area contributed by atoms with Crippen molar-refractivity contribution in [3.8, 4) is 5.75 Å². The number of aliphatic hydroxyl groups is 2. The van der Waals surface area contributed by atoms with Crippen molar-refractivity contribution in [1.82, 2.24) is 36.8 Å². The van der Waals surface area contributed by atoms with E-state index in [0.717, 1.165) is 0 Å². The minimum absolute atomic E-state index is 0.0567. The summed E-state index contributed by atoms with van der Waals surface area (Å²) in [5.74, 6) is -7.71. The second-order valence-corrected chi connectivity index (χ2v) is 16.9. The molecule has 20 nitrogen and oxygen atoms in total. The van der Waals surface area contributed by atoms with Gasteiger partial charge in [-0.1, -0.05) is 86.6 Å². The Hall–Kier alpha value is -6.90. The molecule has 7 amide bonds. The first kappa shape index (κ1) is 52.7. The minimum Gasteiger partial charge on any atom is -0.508 e. The summed E-state index contributed by atoms with van der Waals surface area (Å²) in [5, 5.41) is 55.6. The molecule has 0 saturated carbocycles. The SMILES string of the molecule is CC(C)C(NC(=O)C(NC(=O)C(Cc1ccc(O)cc1)NC(=O)C(Cc1ccccc1)NC(=O)C(Cc1ccccc1)NC(=O)CN)C(C)O)C(=O)N1CCCC1C(=O)NC(C(=O)O)C(C)O. The van der Waals surface area contributed by atoms with Crippen LogP contribution < -0.4 is 37.6 Å². The maximum Gasteiger partial charge on any atom is 0.328 e. The molecule has 20 heteroatoms. The Morgan fingerprint density at radius 3 is 1.49 bits per heavy atom. The second-order valence-electron chi connectivity index (χ2n) is 16.9. The molecule has 0 spiro atoms. The van der Waals surface area contributed by atoms with Gasteiger partial charge in [-0.3, -0.25) is 33.6 Å². The summed E-state index contributed by atoms with van der Waals surface area (Å²) in [6, 6.07) is 13.6. The molecule has 1 saturated heterocycles. The number of hydrogen-bond acceptors (Lipinski definition) is 12. The number of carbonyl (C=O) groups is 8. The number of rotatable bonds is 23. The molecule has 0 bridgehead atoms. The maximum atomic E-state index is 14.4. The molecular formula is C47H62N8O12. The number of benzene rings is 3. The number of aliphatic carboxylic acids is 1. The van der Waals surface area contributed by atoms with Crippen molar-refractivity contribution >= 4 is 47.3 Å². The summed E-state index contributed by atoms with van der Waals surface area (Å²) in [7, 11) is 0. The van der Waals surface area contributed by atoms with Crippen LogP contribution in [0, 0.1) is 5.92 Å². The lowest BCUT2D eigenvalue weighted by Crippen LogP contribution is -2.63. The summed E-state index contributed by atoms with van der Waals surface area (Å²) < 4.78 is 0. The molecule has 1 heterocycles. The molecule has 9 unspecified atom stereocenters. The van der Waals surface area contributed by atoms with Crippen LogP contribution in [0.3, 0.4) is 0 Å². The highest BCUT2D eigenvalue weighted by Crippen LogP contribution is 2.21. The number of aromatic hydroxyl groups is 1. The van der Waals surface area contributed by atoms with E-state index in [1.807, 2.05) is 0 Å². The first-order valence-electron chi connectivity index (χ1n) is 22.1. The molecule has 3 aromatic carbocycles. The molecule has 67 heavy (non-hydrogen) atoms. The van der Waals surface area contributed by atoms with Crippen molar-refractivity contribution in [1.29, 1.82) is 0 Å². The molecule has 3 aromatic rings. The van der Waals surface area contributed by atoms with Gasteiger partial charge in [-0.2, -0.15) is 0 Å². The van der Waals surface area contributed by atoms with E-state index in [4.69, 9.17) is 5.73 Å². The largest absolute Gasteiger partial charge is 0.508 e. The van der Waals surface area contributed by atoms with Crippen LogP contribution in [0.5, 0.6) is 5.75 Å². The molecule has 362 valence electrons. The van der Waals surface area contributed by atoms with Gasteiger partial charge in [-0.05, 0) is 61.4 Å². The van der Waals surface area contributed by atoms with E-state index < -0.39 is 114 Å². The van der Waals surface area contributed by atoms with Crippen LogP contribution in [-0.4, -0.2) is 140 Å². The Balaban J connectivity index is 1.59. The summed E-state index contributed by atoms with van der Waals surface area (Å²) in [6.07, 6.45) is -2.65. The van der Waals surface area contributed by atoms with Crippen molar-refractivity contribution in [2.45, 2.75) is 114 Å². The monoisotopic (exact) mass is 930 g/mol. The smallest absolute Gasteiger partial charge is 0.328 e. The fourth-order valence-corrected chi connectivity index (χ4v) is 7.53. The molecule has 4 rings (SSSR count). The molecular weight excluding hydrogens is 869 g/mol. The first-order valence-corrected chi connectivity index (χ1v) is 22.1. The van der Waals surface area contributed by atoms with Crippen molar-refractivity contribution in [3.63, 3.8) is 0 Å². The minimum atomic E-state index is -1.70. The molecule has 0 radical (unpaired) electrons. The van der Waals surface area contributed by atoms with Gasteiger partial charge in [0.05, 0.1) is 18.8 Å². The predicted octanol–water partition coefficient (Wildman–Crippen LogP) is -1.22. The zero-order chi connectivity index (χ0) is 49.4. The zero-order valence-electron chi connectivity index (χ0n) is 37.9. The van der Waals surface area contributed by atoms with E-state index in [9.17, 15) is 58.8 Å². The molecule has 12 N–H and O–H groups in total. The van der Waals surface area contributed by atoms with Gasteiger partial charge in [0, 0.05) is 25.8 Å². The van der Waals surface area contributed by atoms with E-state index in [2.05, 4.69) is 31.9 Å². The maximum absolute atomic E-state index is 14.4. The van der Waals surface area contributed by atoms with Gasteiger partial charge in [-0.25, -0.2) is 4.79 Å². The first-order chi connectivity index (χ1) is 31.8. The number of phenols is 1. The van der Waals surface area contributed by atoms with Crippen molar-refractivity contribution in [2.24, 2.45) is 11.7 Å². The van der Waals surface area contributed by atoms with E-state index >= 15 is 0 Å². The molecule has 0 aliphatic carbocycles. The lowest BCUT2D eigenvalue weighted by Gasteiger charge is -2.32. The molecule has 1 aliphatic heterocycles. The van der Waals surface area contributed by atoms with Crippen molar-refractivity contribution in [3.05, 3.63) is 102 Å². The highest BCUT2D eigenvalue weighted by Gasteiger charge is 2.42. The summed E-state index contributed by atoms with van der Waals surface area (Å²) >= 11 is 0. The highest BCUT2D eigenvalue weighted by atomic mass is 16.4. The third kappa shape index (κ3) is 15.6. The summed E-state index contributed by atoms with van der Waals surface area (Å²) in [5.41, 5.74) is 7.37. The lowest BCUT2D eigenvalue weighted by molar-refractivity contribution is -0.147. The average molecular weight is 931 g/mol. The summed E-state index contributed by atoms with van der Waals surface area (Å²) in [4.78, 5) is 109. The number of aliphatic hydroxyl groups excluding tert-OH is 2. The Bertz CT molecular complexity index is 2170. The number of phenolic OH excluding ortho intramolecular Hbond substituents is 1. The van der Waals surface area contributed by atoms with Crippen LogP contribution in [0.4, 0.5) is 0 Å². The number of carboxylic acid groups (broad SMARTS) is 1. The van der Waals surface area contributed by atoms with Crippen LogP contribution in [-0.2, 0) is 57.6 Å². The number of nitrogens with two attached hydrogens (primary N) is 1. The van der Waals surface area contributed by atoms with Crippen LogP contribution >= 0.6 is 0 Å². The van der Waals surface area contributed by atoms with Gasteiger partial charge in [-0.15, -0.1) is 0 Å². The van der Waals surface area contributed by atoms with Gasteiger partial charge in [0.2, 0.25) is 41.4 Å². The van der Waals surface area contributed by atoms with Crippen LogP contribution in [0.1, 0.15) is 57.2 Å². The zero-order valence-corrected chi connectivity index (χ0v) is 37.9. The van der Waals surface area contributed by atoms with E-state index in [0.29, 0.717) is 23.1 Å². The van der Waals surface area contributed by atoms with Crippen molar-refractivity contribution < 1.29 is 58.8 Å². The molecule has 1 aliphatic rings. The Kier molecular flexibility index (Phi) is 19.8. The summed E-state index contributed by atoms with van der Waals surface area (Å²) in [6.45, 7) is 5.37. The van der Waals surface area contributed by atoms with Gasteiger partial charge < -0.3 is 63.0 Å². The van der Waals surface area contributed by atoms with Crippen molar-refractivity contribution in [2.75, 3.05) is 13.1 Å². The third-order valence-corrected chi connectivity index (χ3v) is 11.2. The highest BCUT2D eigenvalue weighted by molar-refractivity contribution is 5.98. The van der Waals surface area contributed by atoms with E-state index in [1.54, 1.807) is 74.5 Å².